The Balaban J connectivity index is 1.67. The summed E-state index contributed by atoms with van der Waals surface area (Å²) in [4.78, 5) is 16.5. The number of benzene rings is 1. The first-order chi connectivity index (χ1) is 10.5. The summed E-state index contributed by atoms with van der Waals surface area (Å²) in [5, 5.41) is 0.718. The van der Waals surface area contributed by atoms with E-state index >= 15 is 0 Å². The van der Waals surface area contributed by atoms with Crippen LogP contribution in [0.5, 0.6) is 0 Å². The largest absolute Gasteiger partial charge is 0.368 e. The number of hydrogen-bond acceptors (Lipinski definition) is 3. The molecule has 0 bridgehead atoms. The first-order valence-electron chi connectivity index (χ1n) is 6.79. The minimum absolute atomic E-state index is 0.0566. The lowest BCUT2D eigenvalue weighted by Gasteiger charge is -2.36. The van der Waals surface area contributed by atoms with Gasteiger partial charge in [0, 0.05) is 36.9 Å². The molecule has 1 aliphatic rings. The number of carbonyl (C=O) groups is 1. The molecule has 2 aromatic rings. The van der Waals surface area contributed by atoms with Gasteiger partial charge in [0.2, 0.25) is 0 Å². The monoisotopic (exact) mass is 374 g/mol. The number of hydrogen-bond donors (Lipinski definition) is 0. The molecule has 1 saturated heterocycles. The van der Waals surface area contributed by atoms with E-state index in [0.717, 1.165) is 23.8 Å². The predicted molar refractivity (Wildman–Crippen MR) is 93.9 cm³/mol. The molecule has 1 aromatic carbocycles. The summed E-state index contributed by atoms with van der Waals surface area (Å²) in [7, 11) is 0. The summed E-state index contributed by atoms with van der Waals surface area (Å²) in [6, 6.07) is 9.39. The Morgan fingerprint density at radius 2 is 1.77 bits per heavy atom. The normalized spacial score (nSPS) is 15.2. The molecule has 7 heteroatoms. The van der Waals surface area contributed by atoms with Gasteiger partial charge in [-0.25, -0.2) is 0 Å². The van der Waals surface area contributed by atoms with Crippen LogP contribution in [0.3, 0.4) is 0 Å². The first kappa shape index (κ1) is 15.9. The summed E-state index contributed by atoms with van der Waals surface area (Å²) in [6.07, 6.45) is 0. The zero-order valence-electron chi connectivity index (χ0n) is 11.6. The van der Waals surface area contributed by atoms with Crippen LogP contribution in [0.4, 0.5) is 5.69 Å². The van der Waals surface area contributed by atoms with Crippen LogP contribution in [0.25, 0.3) is 0 Å². The number of amides is 1. The molecule has 2 heterocycles. The standard InChI is InChI=1S/C15H13Cl3N2OS/c16-10-2-1-3-11(8-10)19-4-6-20(7-5-19)15(21)12-9-13(17)22-14(12)18/h1-3,8-9H,4-7H2. The molecule has 0 unspecified atom stereocenters. The van der Waals surface area contributed by atoms with Crippen molar-refractivity contribution < 1.29 is 4.79 Å². The summed E-state index contributed by atoms with van der Waals surface area (Å²) in [5.41, 5.74) is 1.57. The highest BCUT2D eigenvalue weighted by Crippen LogP contribution is 2.32. The molecule has 0 saturated carbocycles. The fraction of sp³-hybridized carbons (Fsp3) is 0.267. The molecule has 0 N–H and O–H groups in total. The van der Waals surface area contributed by atoms with E-state index < -0.39 is 0 Å². The maximum Gasteiger partial charge on any atom is 0.256 e. The molecular formula is C15H13Cl3N2OS. The fourth-order valence-electron chi connectivity index (χ4n) is 2.50. The van der Waals surface area contributed by atoms with Gasteiger partial charge in [0.25, 0.3) is 5.91 Å². The Morgan fingerprint density at radius 1 is 1.05 bits per heavy atom. The molecule has 116 valence electrons. The van der Waals surface area contributed by atoms with E-state index in [4.69, 9.17) is 34.8 Å². The van der Waals surface area contributed by atoms with E-state index in [1.165, 1.54) is 11.3 Å². The van der Waals surface area contributed by atoms with E-state index in [1.54, 1.807) is 6.07 Å². The Kier molecular flexibility index (Phi) is 4.83. The van der Waals surface area contributed by atoms with Crippen molar-refractivity contribution in [3.05, 3.63) is 49.6 Å². The highest BCUT2D eigenvalue weighted by molar-refractivity contribution is 7.20. The molecule has 1 aliphatic heterocycles. The Bertz CT molecular complexity index is 696. The van der Waals surface area contributed by atoms with Crippen molar-refractivity contribution >= 4 is 57.7 Å². The van der Waals surface area contributed by atoms with Crippen molar-refractivity contribution in [2.45, 2.75) is 0 Å². The first-order valence-corrected chi connectivity index (χ1v) is 8.74. The van der Waals surface area contributed by atoms with Crippen LogP contribution in [-0.4, -0.2) is 37.0 Å². The molecule has 3 rings (SSSR count). The van der Waals surface area contributed by atoms with Crippen LogP contribution in [0.2, 0.25) is 13.7 Å². The SMILES string of the molecule is O=C(c1cc(Cl)sc1Cl)N1CCN(c2cccc(Cl)c2)CC1. The van der Waals surface area contributed by atoms with Crippen LogP contribution in [-0.2, 0) is 0 Å². The number of anilines is 1. The van der Waals surface area contributed by atoms with Gasteiger partial charge in [0.15, 0.2) is 0 Å². The average Bonchev–Trinajstić information content (AvgIpc) is 2.85. The Labute approximate surface area is 148 Å². The molecule has 3 nitrogen and oxygen atoms in total. The maximum atomic E-state index is 12.5. The van der Waals surface area contributed by atoms with Crippen LogP contribution in [0.1, 0.15) is 10.4 Å². The van der Waals surface area contributed by atoms with Gasteiger partial charge in [-0.2, -0.15) is 0 Å². The van der Waals surface area contributed by atoms with Gasteiger partial charge in [0.05, 0.1) is 9.90 Å². The van der Waals surface area contributed by atoms with Crippen LogP contribution in [0, 0.1) is 0 Å². The van der Waals surface area contributed by atoms with E-state index in [2.05, 4.69) is 4.90 Å². The maximum absolute atomic E-state index is 12.5. The fourth-order valence-corrected chi connectivity index (χ4v) is 4.13. The van der Waals surface area contributed by atoms with E-state index in [9.17, 15) is 4.79 Å². The van der Waals surface area contributed by atoms with Gasteiger partial charge in [0.1, 0.15) is 4.34 Å². The second kappa shape index (κ2) is 6.67. The van der Waals surface area contributed by atoms with Crippen LogP contribution >= 0.6 is 46.1 Å². The van der Waals surface area contributed by atoms with Crippen molar-refractivity contribution in [2.24, 2.45) is 0 Å². The van der Waals surface area contributed by atoms with E-state index in [1.807, 2.05) is 29.2 Å². The van der Waals surface area contributed by atoms with E-state index in [-0.39, 0.29) is 5.91 Å². The highest BCUT2D eigenvalue weighted by Gasteiger charge is 2.25. The second-order valence-electron chi connectivity index (χ2n) is 5.00. The lowest BCUT2D eigenvalue weighted by molar-refractivity contribution is 0.0747. The molecule has 22 heavy (non-hydrogen) atoms. The smallest absolute Gasteiger partial charge is 0.256 e. The molecule has 1 amide bonds. The van der Waals surface area contributed by atoms with Gasteiger partial charge in [-0.3, -0.25) is 4.79 Å². The third-order valence-corrected chi connectivity index (χ3v) is 5.35. The number of rotatable bonds is 2. The number of piperazine rings is 1. The van der Waals surface area contributed by atoms with Crippen molar-refractivity contribution in [2.75, 3.05) is 31.1 Å². The summed E-state index contributed by atoms with van der Waals surface area (Å²) in [6.45, 7) is 2.83. The second-order valence-corrected chi connectivity index (χ2v) is 7.72. The Morgan fingerprint density at radius 3 is 2.36 bits per heavy atom. The van der Waals surface area contributed by atoms with Gasteiger partial charge in [-0.05, 0) is 24.3 Å². The average molecular weight is 376 g/mol. The Hall–Kier alpha value is -0.940. The number of carbonyl (C=O) groups excluding carboxylic acids is 1. The third-order valence-electron chi connectivity index (χ3n) is 3.63. The zero-order chi connectivity index (χ0) is 15.7. The highest BCUT2D eigenvalue weighted by atomic mass is 35.5. The van der Waals surface area contributed by atoms with Crippen LogP contribution in [0.15, 0.2) is 30.3 Å². The number of nitrogens with zero attached hydrogens (tertiary/aromatic N) is 2. The molecule has 1 fully saturated rings. The number of halogens is 3. The van der Waals surface area contributed by atoms with Crippen molar-refractivity contribution in [3.8, 4) is 0 Å². The quantitative estimate of drug-likeness (QED) is 0.761. The minimum atomic E-state index is -0.0566. The summed E-state index contributed by atoms with van der Waals surface area (Å²) >= 11 is 19.2. The molecule has 1 aromatic heterocycles. The van der Waals surface area contributed by atoms with Crippen LogP contribution < -0.4 is 4.90 Å². The molecular weight excluding hydrogens is 363 g/mol. The molecule has 0 aliphatic carbocycles. The van der Waals surface area contributed by atoms with Gasteiger partial charge >= 0.3 is 0 Å². The molecule has 0 spiro atoms. The van der Waals surface area contributed by atoms with Gasteiger partial charge in [-0.1, -0.05) is 40.9 Å². The zero-order valence-corrected chi connectivity index (χ0v) is 14.6. The van der Waals surface area contributed by atoms with Crippen molar-refractivity contribution in [3.63, 3.8) is 0 Å². The topological polar surface area (TPSA) is 23.6 Å². The third kappa shape index (κ3) is 3.35. The molecule has 0 radical (unpaired) electrons. The predicted octanol–water partition coefficient (Wildman–Crippen LogP) is 4.67. The summed E-state index contributed by atoms with van der Waals surface area (Å²) in [5.74, 6) is -0.0566. The van der Waals surface area contributed by atoms with Crippen molar-refractivity contribution in [1.29, 1.82) is 0 Å². The lowest BCUT2D eigenvalue weighted by Crippen LogP contribution is -2.48. The van der Waals surface area contributed by atoms with E-state index in [0.29, 0.717) is 27.3 Å². The minimum Gasteiger partial charge on any atom is -0.368 e. The lowest BCUT2D eigenvalue weighted by atomic mass is 10.2. The van der Waals surface area contributed by atoms with Gasteiger partial charge in [-0.15, -0.1) is 11.3 Å². The summed E-state index contributed by atoms with van der Waals surface area (Å²) < 4.78 is 0.984. The molecule has 0 atom stereocenters. The number of thiophene rings is 1. The van der Waals surface area contributed by atoms with Crippen molar-refractivity contribution in [1.82, 2.24) is 4.90 Å². The van der Waals surface area contributed by atoms with Gasteiger partial charge < -0.3 is 9.80 Å².